The van der Waals surface area contributed by atoms with E-state index in [0.29, 0.717) is 0 Å². The Morgan fingerprint density at radius 3 is 1.56 bits per heavy atom. The van der Waals surface area contributed by atoms with E-state index >= 15 is 0 Å². The fraction of sp³-hybridized carbons (Fsp3) is 0. The molecule has 4 heterocycles. The normalized spacial score (nSPS) is 12.0. The maximum Gasteiger partial charge on any atom is 0.124 e. The summed E-state index contributed by atoms with van der Waals surface area (Å²) in [4.78, 5) is 7.47. The predicted molar refractivity (Wildman–Crippen MR) is 244 cm³/mol. The quantitative estimate of drug-likeness (QED) is 0.173. The summed E-state index contributed by atoms with van der Waals surface area (Å²) in [6.07, 6.45) is 0. The summed E-state index contributed by atoms with van der Waals surface area (Å²) in [5.41, 5.74) is 8.07. The molecule has 0 atom stereocenters. The van der Waals surface area contributed by atoms with E-state index in [0.717, 1.165) is 27.6 Å². The van der Waals surface area contributed by atoms with Crippen LogP contribution in [0.25, 0.3) is 92.4 Å². The molecule has 0 radical (unpaired) electrons. The van der Waals surface area contributed by atoms with Gasteiger partial charge in [0.05, 0.1) is 10.2 Å². The molecule has 0 aliphatic rings. The Labute approximate surface area is 332 Å². The Balaban J connectivity index is 0.989. The molecule has 8 aromatic carbocycles. The molecular formula is C49H28N2S4. The number of rotatable bonds is 5. The average molecular weight is 773 g/mol. The second-order valence-electron chi connectivity index (χ2n) is 13.9. The van der Waals surface area contributed by atoms with E-state index in [4.69, 9.17) is 4.98 Å². The van der Waals surface area contributed by atoms with Crippen molar-refractivity contribution in [2.24, 2.45) is 0 Å². The number of benzene rings is 8. The second-order valence-corrected chi connectivity index (χ2v) is 18.2. The molecule has 6 heteroatoms. The van der Waals surface area contributed by atoms with Gasteiger partial charge in [0.2, 0.25) is 0 Å². The van der Waals surface area contributed by atoms with Crippen LogP contribution in [-0.4, -0.2) is 4.98 Å². The molecule has 4 aromatic heterocycles. The molecule has 0 aliphatic heterocycles. The van der Waals surface area contributed by atoms with Crippen molar-refractivity contribution in [3.8, 4) is 21.7 Å². The molecular weight excluding hydrogens is 745 g/mol. The largest absolute Gasteiger partial charge is 0.310 e. The molecule has 0 saturated carbocycles. The summed E-state index contributed by atoms with van der Waals surface area (Å²) in [5, 5.41) is 8.88. The Kier molecular flexibility index (Phi) is 7.04. The van der Waals surface area contributed by atoms with Crippen molar-refractivity contribution < 1.29 is 0 Å². The van der Waals surface area contributed by atoms with Crippen molar-refractivity contribution in [2.75, 3.05) is 4.90 Å². The Hall–Kier alpha value is -5.89. The van der Waals surface area contributed by atoms with Crippen molar-refractivity contribution in [3.05, 3.63) is 170 Å². The molecule has 12 rings (SSSR count). The fourth-order valence-corrected chi connectivity index (χ4v) is 12.6. The third-order valence-corrected chi connectivity index (χ3v) is 15.3. The van der Waals surface area contributed by atoms with Gasteiger partial charge in [-0.2, -0.15) is 0 Å². The molecule has 2 nitrogen and oxygen atoms in total. The lowest BCUT2D eigenvalue weighted by atomic mass is 10.0. The van der Waals surface area contributed by atoms with Crippen LogP contribution in [-0.2, 0) is 0 Å². The molecule has 0 saturated heterocycles. The zero-order valence-electron chi connectivity index (χ0n) is 29.2. The van der Waals surface area contributed by atoms with Gasteiger partial charge >= 0.3 is 0 Å². The number of thiophene rings is 3. The van der Waals surface area contributed by atoms with E-state index in [2.05, 4.69) is 175 Å². The third kappa shape index (κ3) is 5.06. The van der Waals surface area contributed by atoms with Gasteiger partial charge in [0.25, 0.3) is 0 Å². The molecule has 0 fully saturated rings. The highest BCUT2D eigenvalue weighted by molar-refractivity contribution is 7.28. The second kappa shape index (κ2) is 12.3. The van der Waals surface area contributed by atoms with Crippen LogP contribution >= 0.6 is 45.3 Å². The SMILES string of the molecule is c1ccc(-c2nc3ccc4sc5ccc(-c6ccc(N(c7ccc8sc9ccccc9c8c7)c7ccc8sc9ccccc9c8c7)cc6)cc5c4c3s2)cc1. The predicted octanol–water partition coefficient (Wildman–Crippen LogP) is 16.2. The molecule has 55 heavy (non-hydrogen) atoms. The van der Waals surface area contributed by atoms with Crippen LogP contribution in [0.4, 0.5) is 17.1 Å². The van der Waals surface area contributed by atoms with Gasteiger partial charge in [-0.05, 0) is 96.1 Å². The standard InChI is InChI=1S/C49H28N2S4/c1-2-8-30(9-3-1)49-50-40-21-25-46-47(48(40)55-49)39-26-31(16-22-45(39)54-46)29-14-17-32(18-15-29)51(33-19-23-43-37(27-33)35-10-4-6-12-41(35)52-43)34-20-24-44-38(28-34)36-11-5-7-13-42(36)53-44/h1-28H. The highest BCUT2D eigenvalue weighted by Crippen LogP contribution is 2.46. The maximum atomic E-state index is 5.05. The topological polar surface area (TPSA) is 16.1 Å². The third-order valence-electron chi connectivity index (χ3n) is 10.7. The average Bonchev–Trinajstić information content (AvgIpc) is 4.02. The van der Waals surface area contributed by atoms with Gasteiger partial charge in [-0.1, -0.05) is 84.9 Å². The molecule has 0 N–H and O–H groups in total. The number of hydrogen-bond donors (Lipinski definition) is 0. The van der Waals surface area contributed by atoms with E-state index in [1.165, 1.54) is 81.9 Å². The Bertz CT molecular complexity index is 3330. The van der Waals surface area contributed by atoms with Crippen LogP contribution < -0.4 is 4.90 Å². The van der Waals surface area contributed by atoms with Gasteiger partial charge in [-0.15, -0.1) is 45.3 Å². The summed E-state index contributed by atoms with van der Waals surface area (Å²) in [5.74, 6) is 0. The van der Waals surface area contributed by atoms with Crippen LogP contribution in [0.2, 0.25) is 0 Å². The van der Waals surface area contributed by atoms with Crippen molar-refractivity contribution >= 4 is 133 Å². The van der Waals surface area contributed by atoms with Crippen LogP contribution in [0.5, 0.6) is 0 Å². The number of anilines is 3. The van der Waals surface area contributed by atoms with E-state index in [-0.39, 0.29) is 0 Å². The van der Waals surface area contributed by atoms with Crippen molar-refractivity contribution in [1.29, 1.82) is 0 Å². The first kappa shape index (κ1) is 31.5. The van der Waals surface area contributed by atoms with E-state index in [1.54, 1.807) is 11.3 Å². The number of hydrogen-bond acceptors (Lipinski definition) is 6. The number of nitrogens with zero attached hydrogens (tertiary/aromatic N) is 2. The summed E-state index contributed by atoms with van der Waals surface area (Å²) in [6.45, 7) is 0. The Morgan fingerprint density at radius 2 is 0.873 bits per heavy atom. The summed E-state index contributed by atoms with van der Waals surface area (Å²) < 4.78 is 9.12. The minimum atomic E-state index is 1.06. The van der Waals surface area contributed by atoms with Crippen LogP contribution in [0, 0.1) is 0 Å². The number of thiazole rings is 1. The van der Waals surface area contributed by atoms with E-state index in [9.17, 15) is 0 Å². The zero-order valence-corrected chi connectivity index (χ0v) is 32.5. The highest BCUT2D eigenvalue weighted by atomic mass is 32.1. The summed E-state index contributed by atoms with van der Waals surface area (Å²) in [7, 11) is 0. The molecule has 0 bridgehead atoms. The van der Waals surface area contributed by atoms with Gasteiger partial charge < -0.3 is 4.90 Å². The van der Waals surface area contributed by atoms with Crippen LogP contribution in [0.3, 0.4) is 0 Å². The first-order valence-electron chi connectivity index (χ1n) is 18.3. The minimum Gasteiger partial charge on any atom is -0.310 e. The van der Waals surface area contributed by atoms with Gasteiger partial charge in [-0.25, -0.2) is 4.98 Å². The molecule has 12 aromatic rings. The fourth-order valence-electron chi connectivity index (χ4n) is 8.09. The van der Waals surface area contributed by atoms with Gasteiger partial charge in [0, 0.05) is 83.1 Å². The minimum absolute atomic E-state index is 1.06. The maximum absolute atomic E-state index is 5.05. The number of aromatic nitrogens is 1. The van der Waals surface area contributed by atoms with Gasteiger partial charge in [-0.3, -0.25) is 0 Å². The lowest BCUT2D eigenvalue weighted by Gasteiger charge is -2.26. The highest BCUT2D eigenvalue weighted by Gasteiger charge is 2.18. The smallest absolute Gasteiger partial charge is 0.124 e. The lowest BCUT2D eigenvalue weighted by Crippen LogP contribution is -2.09. The lowest BCUT2D eigenvalue weighted by molar-refractivity contribution is 1.30. The monoisotopic (exact) mass is 772 g/mol. The van der Waals surface area contributed by atoms with Crippen LogP contribution in [0.1, 0.15) is 0 Å². The zero-order chi connectivity index (χ0) is 36.0. The van der Waals surface area contributed by atoms with Gasteiger partial charge in [0.15, 0.2) is 0 Å². The molecule has 0 spiro atoms. The van der Waals surface area contributed by atoms with Crippen molar-refractivity contribution in [2.45, 2.75) is 0 Å². The summed E-state index contributed by atoms with van der Waals surface area (Å²) in [6, 6.07) is 62.4. The van der Waals surface area contributed by atoms with Gasteiger partial charge in [0.1, 0.15) is 5.01 Å². The summed E-state index contributed by atoms with van der Waals surface area (Å²) >= 11 is 7.38. The molecule has 0 unspecified atom stereocenters. The molecule has 258 valence electrons. The van der Waals surface area contributed by atoms with Crippen molar-refractivity contribution in [1.82, 2.24) is 4.98 Å². The van der Waals surface area contributed by atoms with Crippen LogP contribution in [0.15, 0.2) is 170 Å². The van der Waals surface area contributed by atoms with E-state index in [1.807, 2.05) is 34.0 Å². The van der Waals surface area contributed by atoms with Crippen molar-refractivity contribution in [3.63, 3.8) is 0 Å². The Morgan fingerprint density at radius 1 is 0.345 bits per heavy atom. The molecule has 0 aliphatic carbocycles. The first-order valence-corrected chi connectivity index (χ1v) is 21.5. The molecule has 0 amide bonds. The van der Waals surface area contributed by atoms with E-state index < -0.39 is 0 Å². The number of fused-ring (bicyclic) bond motifs is 11. The first-order chi connectivity index (χ1) is 27.2.